The smallest absolute Gasteiger partial charge is 0.303 e. The quantitative estimate of drug-likeness (QED) is 0.578. The molecular formula is C20H23Br2NO4. The molecule has 2 heterocycles. The van der Waals surface area contributed by atoms with E-state index in [-0.39, 0.29) is 23.6 Å². The number of rotatable bonds is 2. The maximum atomic E-state index is 11.8. The number of carbonyl (C=O) groups is 1. The second-order valence-corrected chi connectivity index (χ2v) is 9.84. The molecule has 1 spiro atoms. The van der Waals surface area contributed by atoms with Gasteiger partial charge < -0.3 is 19.1 Å². The van der Waals surface area contributed by atoms with Crippen molar-refractivity contribution in [3.8, 4) is 11.5 Å². The summed E-state index contributed by atoms with van der Waals surface area (Å²) >= 11 is 7.52. The van der Waals surface area contributed by atoms with Crippen LogP contribution in [0.4, 0.5) is 0 Å². The third-order valence-electron chi connectivity index (χ3n) is 7.22. The fourth-order valence-electron chi connectivity index (χ4n) is 6.27. The third-order valence-corrected chi connectivity index (χ3v) is 9.38. The van der Waals surface area contributed by atoms with E-state index >= 15 is 0 Å². The summed E-state index contributed by atoms with van der Waals surface area (Å²) in [7, 11) is 3.92. The molecule has 0 radical (unpaired) electrons. The fraction of sp³-hybridized carbons (Fsp3) is 0.650. The van der Waals surface area contributed by atoms with Crippen molar-refractivity contribution >= 4 is 37.8 Å². The van der Waals surface area contributed by atoms with Crippen LogP contribution in [0, 0.1) is 5.92 Å². The number of methoxy groups -OCH3 is 1. The number of esters is 1. The Bertz CT molecular complexity index is 844. The van der Waals surface area contributed by atoms with Gasteiger partial charge in [0, 0.05) is 28.4 Å². The van der Waals surface area contributed by atoms with Crippen LogP contribution in [0.2, 0.25) is 0 Å². The predicted octanol–water partition coefficient (Wildman–Crippen LogP) is 3.82. The van der Waals surface area contributed by atoms with Gasteiger partial charge >= 0.3 is 5.97 Å². The minimum atomic E-state index is -0.232. The molecule has 1 aromatic carbocycles. The lowest BCUT2D eigenvalue weighted by Crippen LogP contribution is -2.66. The van der Waals surface area contributed by atoms with Crippen LogP contribution in [-0.2, 0) is 21.4 Å². The summed E-state index contributed by atoms with van der Waals surface area (Å²) in [5.74, 6) is 1.87. The highest BCUT2D eigenvalue weighted by atomic mass is 79.9. The first-order valence-corrected chi connectivity index (χ1v) is 11.1. The molecular weight excluding hydrogens is 478 g/mol. The topological polar surface area (TPSA) is 48.0 Å². The van der Waals surface area contributed by atoms with Gasteiger partial charge in [-0.3, -0.25) is 4.79 Å². The molecule has 2 bridgehead atoms. The van der Waals surface area contributed by atoms with Gasteiger partial charge in [0.05, 0.1) is 11.6 Å². The van der Waals surface area contributed by atoms with Crippen molar-refractivity contribution in [2.75, 3.05) is 20.7 Å². The first-order chi connectivity index (χ1) is 12.9. The zero-order valence-electron chi connectivity index (χ0n) is 15.7. The number of hydrogen-bond donors (Lipinski definition) is 0. The van der Waals surface area contributed by atoms with Gasteiger partial charge in [0.25, 0.3) is 0 Å². The Kier molecular flexibility index (Phi) is 4.12. The van der Waals surface area contributed by atoms with Gasteiger partial charge in [0.1, 0.15) is 12.2 Å². The highest BCUT2D eigenvalue weighted by molar-refractivity contribution is 9.13. The molecule has 2 aliphatic heterocycles. The van der Waals surface area contributed by atoms with Crippen molar-refractivity contribution in [3.63, 3.8) is 0 Å². The molecule has 0 aromatic heterocycles. The normalized spacial score (nSPS) is 36.0. The van der Waals surface area contributed by atoms with Gasteiger partial charge in [-0.05, 0) is 82.6 Å². The van der Waals surface area contributed by atoms with Crippen LogP contribution in [0.1, 0.15) is 37.3 Å². The fourth-order valence-corrected chi connectivity index (χ4v) is 7.39. The maximum Gasteiger partial charge on any atom is 0.303 e. The first kappa shape index (κ1) is 18.3. The number of hydrogen-bond acceptors (Lipinski definition) is 5. The van der Waals surface area contributed by atoms with E-state index in [1.807, 2.05) is 0 Å². The number of nitrogens with zero attached hydrogens (tertiary/aromatic N) is 1. The molecule has 0 N–H and O–H groups in total. The van der Waals surface area contributed by atoms with Crippen molar-refractivity contribution in [1.29, 1.82) is 0 Å². The average Bonchev–Trinajstić information content (AvgIpc) is 2.96. The van der Waals surface area contributed by atoms with Gasteiger partial charge in [0.2, 0.25) is 0 Å². The summed E-state index contributed by atoms with van der Waals surface area (Å²) in [6.07, 6.45) is 3.59. The number of halogens is 2. The minimum absolute atomic E-state index is 0.102. The monoisotopic (exact) mass is 499 g/mol. The van der Waals surface area contributed by atoms with Crippen LogP contribution in [0.25, 0.3) is 0 Å². The van der Waals surface area contributed by atoms with Crippen LogP contribution in [0.5, 0.6) is 11.5 Å². The molecule has 1 saturated heterocycles. The van der Waals surface area contributed by atoms with Crippen LogP contribution in [0.3, 0.4) is 0 Å². The summed E-state index contributed by atoms with van der Waals surface area (Å²) in [5.41, 5.74) is 2.51. The summed E-state index contributed by atoms with van der Waals surface area (Å²) in [6.45, 7) is 2.52. The lowest BCUT2D eigenvalue weighted by atomic mass is 9.51. The van der Waals surface area contributed by atoms with E-state index in [1.54, 1.807) is 7.11 Å². The zero-order chi connectivity index (χ0) is 19.1. The molecule has 4 aliphatic rings. The molecule has 1 saturated carbocycles. The highest BCUT2D eigenvalue weighted by Crippen LogP contribution is 2.66. The van der Waals surface area contributed by atoms with E-state index < -0.39 is 0 Å². The average molecular weight is 501 g/mol. The third kappa shape index (κ3) is 2.22. The van der Waals surface area contributed by atoms with Gasteiger partial charge in [-0.25, -0.2) is 0 Å². The molecule has 0 unspecified atom stereocenters. The van der Waals surface area contributed by atoms with E-state index in [9.17, 15) is 4.79 Å². The van der Waals surface area contributed by atoms with Crippen molar-refractivity contribution in [1.82, 2.24) is 4.90 Å². The highest BCUT2D eigenvalue weighted by Gasteiger charge is 2.66. The Morgan fingerprint density at radius 3 is 2.78 bits per heavy atom. The van der Waals surface area contributed by atoms with Gasteiger partial charge in [0.15, 0.2) is 11.5 Å². The first-order valence-electron chi connectivity index (χ1n) is 9.52. The van der Waals surface area contributed by atoms with E-state index in [0.717, 1.165) is 52.7 Å². The molecule has 2 fully saturated rings. The summed E-state index contributed by atoms with van der Waals surface area (Å²) in [4.78, 5) is 14.3. The van der Waals surface area contributed by atoms with E-state index in [4.69, 9.17) is 14.2 Å². The molecule has 2 aliphatic carbocycles. The molecule has 7 heteroatoms. The molecule has 27 heavy (non-hydrogen) atoms. The van der Waals surface area contributed by atoms with Crippen molar-refractivity contribution in [3.05, 3.63) is 20.1 Å². The van der Waals surface area contributed by atoms with Crippen LogP contribution >= 0.6 is 31.9 Å². The van der Waals surface area contributed by atoms with E-state index in [2.05, 4.69) is 43.8 Å². The number of ether oxygens (including phenoxy) is 3. The predicted molar refractivity (Wildman–Crippen MR) is 108 cm³/mol. The Hall–Kier alpha value is -0.790. The number of benzene rings is 1. The minimum Gasteiger partial charge on any atom is -0.492 e. The van der Waals surface area contributed by atoms with E-state index in [0.29, 0.717) is 12.0 Å². The second-order valence-electron chi connectivity index (χ2n) is 8.26. The summed E-state index contributed by atoms with van der Waals surface area (Å²) < 4.78 is 20.1. The van der Waals surface area contributed by atoms with Crippen LogP contribution in [-0.4, -0.2) is 49.8 Å². The molecule has 0 amide bonds. The summed E-state index contributed by atoms with van der Waals surface area (Å²) in [5, 5.41) is 0. The molecule has 1 aromatic rings. The largest absolute Gasteiger partial charge is 0.492 e. The molecule has 5 nitrogen and oxygen atoms in total. The van der Waals surface area contributed by atoms with Gasteiger partial charge in [-0.15, -0.1) is 0 Å². The van der Waals surface area contributed by atoms with E-state index in [1.165, 1.54) is 18.1 Å². The van der Waals surface area contributed by atoms with Crippen molar-refractivity contribution in [2.45, 2.75) is 56.3 Å². The molecule has 5 atom stereocenters. The van der Waals surface area contributed by atoms with Crippen LogP contribution in [0.15, 0.2) is 8.95 Å². The lowest BCUT2D eigenvalue weighted by molar-refractivity contribution is -0.163. The lowest BCUT2D eigenvalue weighted by Gasteiger charge is -2.58. The molecule has 146 valence electrons. The Balaban J connectivity index is 1.77. The van der Waals surface area contributed by atoms with Crippen molar-refractivity contribution in [2.24, 2.45) is 5.92 Å². The Morgan fingerprint density at radius 1 is 1.30 bits per heavy atom. The second kappa shape index (κ2) is 6.10. The number of carbonyl (C=O) groups excluding carboxylic acids is 1. The number of likely N-dealkylation sites (tertiary alicyclic amines) is 1. The standard InChI is InChI=1S/C20H23Br2NO4/c1-9(24)26-13-5-4-11-12-8-10-14-17(18(25-3)16(22)15(10)21)27-19(13)20(11,14)6-7-23(12)2/h11-13,19H,4-8H2,1-3H3/t11-,12+,13-,19-,20-/m0/s1. The maximum absolute atomic E-state index is 11.8. The van der Waals surface area contributed by atoms with Crippen molar-refractivity contribution < 1.29 is 19.0 Å². The Morgan fingerprint density at radius 2 is 2.07 bits per heavy atom. The van der Waals surface area contributed by atoms with Gasteiger partial charge in [-0.2, -0.15) is 0 Å². The zero-order valence-corrected chi connectivity index (χ0v) is 18.9. The Labute approximate surface area is 176 Å². The molecule has 5 rings (SSSR count). The van der Waals surface area contributed by atoms with Gasteiger partial charge in [-0.1, -0.05) is 0 Å². The number of likely N-dealkylation sites (N-methyl/N-ethyl adjacent to an activating group) is 1. The van der Waals surface area contributed by atoms with Crippen LogP contribution < -0.4 is 9.47 Å². The SMILES string of the molecule is COc1c(Br)c(Br)c2c3c1O[C@H]1[C@@H](OC(C)=O)CC[C@H]4[C@@H](C2)N(C)CC[C@@]341. The number of piperidine rings is 1. The summed E-state index contributed by atoms with van der Waals surface area (Å²) in [6, 6.07) is 0.484.